The monoisotopic (exact) mass is 240 g/mol. The first-order valence-corrected chi connectivity index (χ1v) is 5.93. The SMILES string of the molecule is ClCc1nc2cc(Cl)ccc2n1C1CC1. The van der Waals surface area contributed by atoms with Gasteiger partial charge >= 0.3 is 0 Å². The highest BCUT2D eigenvalue weighted by Gasteiger charge is 2.27. The van der Waals surface area contributed by atoms with Gasteiger partial charge in [-0.3, -0.25) is 0 Å². The normalized spacial score (nSPS) is 16.1. The lowest BCUT2D eigenvalue weighted by molar-refractivity contribution is 0.728. The van der Waals surface area contributed by atoms with Crippen molar-refractivity contribution in [3.05, 3.63) is 29.0 Å². The van der Waals surface area contributed by atoms with Crippen LogP contribution in [0.3, 0.4) is 0 Å². The average Bonchev–Trinajstić information content (AvgIpc) is 2.99. The average molecular weight is 241 g/mol. The van der Waals surface area contributed by atoms with Gasteiger partial charge in [0.25, 0.3) is 0 Å². The zero-order valence-electron chi connectivity index (χ0n) is 8.08. The van der Waals surface area contributed by atoms with Crippen LogP contribution < -0.4 is 0 Å². The van der Waals surface area contributed by atoms with E-state index in [0.717, 1.165) is 21.9 Å². The minimum Gasteiger partial charge on any atom is -0.324 e. The van der Waals surface area contributed by atoms with Gasteiger partial charge in [-0.15, -0.1) is 11.6 Å². The molecular formula is C11H10Cl2N2. The molecule has 1 aromatic carbocycles. The molecule has 15 heavy (non-hydrogen) atoms. The summed E-state index contributed by atoms with van der Waals surface area (Å²) in [6, 6.07) is 6.43. The van der Waals surface area contributed by atoms with Crippen molar-refractivity contribution in [1.82, 2.24) is 9.55 Å². The largest absolute Gasteiger partial charge is 0.324 e. The van der Waals surface area contributed by atoms with E-state index >= 15 is 0 Å². The molecule has 0 radical (unpaired) electrons. The van der Waals surface area contributed by atoms with E-state index in [1.54, 1.807) is 0 Å². The maximum Gasteiger partial charge on any atom is 0.125 e. The molecule has 0 amide bonds. The third-order valence-electron chi connectivity index (χ3n) is 2.76. The molecule has 1 aliphatic carbocycles. The van der Waals surface area contributed by atoms with Crippen LogP contribution in [-0.4, -0.2) is 9.55 Å². The Bertz CT molecular complexity index is 515. The second-order valence-corrected chi connectivity index (χ2v) is 4.60. The zero-order chi connectivity index (χ0) is 10.4. The van der Waals surface area contributed by atoms with Crippen LogP contribution in [0, 0.1) is 0 Å². The van der Waals surface area contributed by atoms with Gasteiger partial charge in [0, 0.05) is 11.1 Å². The number of fused-ring (bicyclic) bond motifs is 1. The van der Waals surface area contributed by atoms with Crippen LogP contribution >= 0.6 is 23.2 Å². The molecule has 1 heterocycles. The molecule has 1 aromatic heterocycles. The minimum atomic E-state index is 0.461. The van der Waals surface area contributed by atoms with E-state index in [1.165, 1.54) is 12.8 Å². The number of nitrogens with zero attached hydrogens (tertiary/aromatic N) is 2. The van der Waals surface area contributed by atoms with E-state index < -0.39 is 0 Å². The Morgan fingerprint density at radius 2 is 2.20 bits per heavy atom. The highest BCUT2D eigenvalue weighted by atomic mass is 35.5. The van der Waals surface area contributed by atoms with Crippen LogP contribution in [-0.2, 0) is 5.88 Å². The van der Waals surface area contributed by atoms with Crippen LogP contribution in [0.4, 0.5) is 0 Å². The third-order valence-corrected chi connectivity index (χ3v) is 3.23. The summed E-state index contributed by atoms with van der Waals surface area (Å²) in [5, 5.41) is 0.726. The number of hydrogen-bond donors (Lipinski definition) is 0. The number of hydrogen-bond acceptors (Lipinski definition) is 1. The lowest BCUT2D eigenvalue weighted by Crippen LogP contribution is -1.98. The van der Waals surface area contributed by atoms with Crippen LogP contribution in [0.2, 0.25) is 5.02 Å². The summed E-state index contributed by atoms with van der Waals surface area (Å²) in [7, 11) is 0. The van der Waals surface area contributed by atoms with Crippen LogP contribution in [0.5, 0.6) is 0 Å². The molecule has 1 fully saturated rings. The Kier molecular flexibility index (Phi) is 2.15. The molecule has 0 aliphatic heterocycles. The number of rotatable bonds is 2. The zero-order valence-corrected chi connectivity index (χ0v) is 9.59. The molecule has 2 aromatic rings. The first kappa shape index (κ1) is 9.49. The van der Waals surface area contributed by atoms with Gasteiger partial charge in [-0.1, -0.05) is 11.6 Å². The summed E-state index contributed by atoms with van der Waals surface area (Å²) in [6.45, 7) is 0. The second kappa shape index (κ2) is 3.39. The first-order chi connectivity index (χ1) is 7.29. The minimum absolute atomic E-state index is 0.461. The standard InChI is InChI=1S/C11H10Cl2N2/c12-6-11-14-9-5-7(13)1-4-10(9)15(11)8-2-3-8/h1,4-5,8H,2-3,6H2. The molecule has 0 saturated heterocycles. The van der Waals surface area contributed by atoms with Crippen LogP contribution in [0.25, 0.3) is 11.0 Å². The molecule has 2 nitrogen and oxygen atoms in total. The highest BCUT2D eigenvalue weighted by Crippen LogP contribution is 2.39. The molecule has 0 bridgehead atoms. The first-order valence-electron chi connectivity index (χ1n) is 5.02. The number of benzene rings is 1. The fourth-order valence-electron chi connectivity index (χ4n) is 1.96. The quantitative estimate of drug-likeness (QED) is 0.732. The van der Waals surface area contributed by atoms with Gasteiger partial charge in [-0.25, -0.2) is 4.98 Å². The number of alkyl halides is 1. The van der Waals surface area contributed by atoms with E-state index in [0.29, 0.717) is 11.9 Å². The van der Waals surface area contributed by atoms with Crippen molar-refractivity contribution in [3.63, 3.8) is 0 Å². The van der Waals surface area contributed by atoms with Gasteiger partial charge in [0.2, 0.25) is 0 Å². The van der Waals surface area contributed by atoms with Crippen molar-refractivity contribution < 1.29 is 0 Å². The van der Waals surface area contributed by atoms with Gasteiger partial charge in [-0.2, -0.15) is 0 Å². The van der Waals surface area contributed by atoms with Gasteiger partial charge in [0.1, 0.15) is 5.82 Å². The van der Waals surface area contributed by atoms with E-state index in [4.69, 9.17) is 23.2 Å². The number of aromatic nitrogens is 2. The Morgan fingerprint density at radius 3 is 2.87 bits per heavy atom. The van der Waals surface area contributed by atoms with Crippen molar-refractivity contribution in [2.24, 2.45) is 0 Å². The van der Waals surface area contributed by atoms with Crippen molar-refractivity contribution in [2.45, 2.75) is 24.8 Å². The molecule has 78 valence electrons. The molecule has 3 rings (SSSR count). The summed E-state index contributed by atoms with van der Waals surface area (Å²) < 4.78 is 2.25. The third kappa shape index (κ3) is 1.52. The smallest absolute Gasteiger partial charge is 0.125 e. The lowest BCUT2D eigenvalue weighted by Gasteiger charge is -2.04. The van der Waals surface area contributed by atoms with E-state index in [1.807, 2.05) is 18.2 Å². The van der Waals surface area contributed by atoms with Crippen molar-refractivity contribution in [2.75, 3.05) is 0 Å². The summed E-state index contributed by atoms with van der Waals surface area (Å²) in [5.41, 5.74) is 2.10. The summed E-state index contributed by atoms with van der Waals surface area (Å²) in [4.78, 5) is 4.50. The molecule has 0 unspecified atom stereocenters. The second-order valence-electron chi connectivity index (χ2n) is 3.90. The maximum absolute atomic E-state index is 5.94. The molecule has 0 N–H and O–H groups in total. The van der Waals surface area contributed by atoms with E-state index in [-0.39, 0.29) is 0 Å². The maximum atomic E-state index is 5.94. The van der Waals surface area contributed by atoms with Gasteiger partial charge in [-0.05, 0) is 31.0 Å². The highest BCUT2D eigenvalue weighted by molar-refractivity contribution is 6.31. The van der Waals surface area contributed by atoms with Gasteiger partial charge in [0.05, 0.1) is 16.9 Å². The van der Waals surface area contributed by atoms with Gasteiger partial charge in [0.15, 0.2) is 0 Å². The predicted octanol–water partition coefficient (Wildman–Crippen LogP) is 3.76. The Labute approximate surface area is 97.8 Å². The Hall–Kier alpha value is -0.730. The molecule has 1 aliphatic rings. The summed E-state index contributed by atoms with van der Waals surface area (Å²) >= 11 is 11.8. The number of imidazole rings is 1. The Morgan fingerprint density at radius 1 is 1.40 bits per heavy atom. The molecular weight excluding hydrogens is 231 g/mol. The summed E-state index contributed by atoms with van der Waals surface area (Å²) in [5.74, 6) is 1.42. The number of halogens is 2. The fourth-order valence-corrected chi connectivity index (χ4v) is 2.31. The molecule has 1 saturated carbocycles. The van der Waals surface area contributed by atoms with Gasteiger partial charge < -0.3 is 4.57 Å². The summed E-state index contributed by atoms with van der Waals surface area (Å²) in [6.07, 6.45) is 2.47. The van der Waals surface area contributed by atoms with Crippen molar-refractivity contribution >= 4 is 34.2 Å². The van der Waals surface area contributed by atoms with E-state index in [9.17, 15) is 0 Å². The van der Waals surface area contributed by atoms with Crippen LogP contribution in [0.15, 0.2) is 18.2 Å². The topological polar surface area (TPSA) is 17.8 Å². The van der Waals surface area contributed by atoms with Crippen molar-refractivity contribution in [3.8, 4) is 0 Å². The fraction of sp³-hybridized carbons (Fsp3) is 0.364. The lowest BCUT2D eigenvalue weighted by atomic mass is 10.3. The predicted molar refractivity (Wildman–Crippen MR) is 62.6 cm³/mol. The Balaban J connectivity index is 2.28. The van der Waals surface area contributed by atoms with Crippen molar-refractivity contribution in [1.29, 1.82) is 0 Å². The molecule has 0 atom stereocenters. The molecule has 0 spiro atoms. The van der Waals surface area contributed by atoms with E-state index in [2.05, 4.69) is 9.55 Å². The molecule has 4 heteroatoms. The van der Waals surface area contributed by atoms with Crippen LogP contribution in [0.1, 0.15) is 24.7 Å².